The lowest BCUT2D eigenvalue weighted by atomic mass is 10.5. The van der Waals surface area contributed by atoms with Crippen LogP contribution < -0.4 is 5.32 Å². The van der Waals surface area contributed by atoms with Gasteiger partial charge in [0.25, 0.3) is 0 Å². The molecule has 0 aromatic heterocycles. The normalized spacial score (nSPS) is 11.4. The van der Waals surface area contributed by atoms with Crippen LogP contribution in [0.4, 0.5) is 0 Å². The fourth-order valence-electron chi connectivity index (χ4n) is 0.780. The summed E-state index contributed by atoms with van der Waals surface area (Å²) in [6.45, 7) is -2.93. The molecule has 0 atom stereocenters. The van der Waals surface area contributed by atoms with Crippen LogP contribution >= 0.6 is 29.9 Å². The van der Waals surface area contributed by atoms with Crippen LogP contribution in [0.15, 0.2) is 0 Å². The highest BCUT2D eigenvalue weighted by Crippen LogP contribution is 2.59. The van der Waals surface area contributed by atoms with Crippen LogP contribution in [0, 0.1) is 0 Å². The highest BCUT2D eigenvalue weighted by atomic mass is 32.7. The number of carbonyl (C=O) groups is 1. The standard InChI is InChI=1S/C8H18NO4PS2/c1-9-8(10)4-5-15-6-7-16-14(11,12-2)13-3/h4-7H2,1-3H3,(H,9,10). The van der Waals surface area contributed by atoms with E-state index in [4.69, 9.17) is 9.05 Å². The van der Waals surface area contributed by atoms with Gasteiger partial charge in [0.05, 0.1) is 0 Å². The molecular formula is C8H18NO4PS2. The van der Waals surface area contributed by atoms with Crippen molar-refractivity contribution in [3.63, 3.8) is 0 Å². The predicted molar refractivity (Wildman–Crippen MR) is 70.1 cm³/mol. The molecule has 0 rings (SSSR count). The van der Waals surface area contributed by atoms with Crippen molar-refractivity contribution < 1.29 is 18.4 Å². The first kappa shape index (κ1) is 16.3. The molecule has 0 aromatic carbocycles. The maximum atomic E-state index is 11.6. The molecule has 96 valence electrons. The molecule has 0 fully saturated rings. The summed E-state index contributed by atoms with van der Waals surface area (Å²) in [6, 6.07) is 0. The molecule has 5 nitrogen and oxygen atoms in total. The van der Waals surface area contributed by atoms with Gasteiger partial charge in [-0.05, 0) is 11.4 Å². The van der Waals surface area contributed by atoms with Gasteiger partial charge < -0.3 is 14.4 Å². The first-order valence-corrected chi connectivity index (χ1v) is 9.01. The minimum absolute atomic E-state index is 0.0413. The van der Waals surface area contributed by atoms with Crippen LogP contribution in [0.3, 0.4) is 0 Å². The molecule has 0 aliphatic carbocycles. The van der Waals surface area contributed by atoms with Crippen LogP contribution in [0.5, 0.6) is 0 Å². The Bertz CT molecular complexity index is 244. The SMILES string of the molecule is CNC(=O)CCSCCSP(=O)(OC)OC. The second-order valence-electron chi connectivity index (χ2n) is 2.68. The lowest BCUT2D eigenvalue weighted by Gasteiger charge is -2.11. The van der Waals surface area contributed by atoms with E-state index < -0.39 is 6.80 Å². The second kappa shape index (κ2) is 9.36. The number of hydrogen-bond donors (Lipinski definition) is 1. The topological polar surface area (TPSA) is 64.6 Å². The third-order valence-corrected chi connectivity index (χ3v) is 6.91. The van der Waals surface area contributed by atoms with E-state index in [1.165, 1.54) is 25.6 Å². The van der Waals surface area contributed by atoms with E-state index in [0.29, 0.717) is 12.2 Å². The van der Waals surface area contributed by atoms with Gasteiger partial charge in [0.1, 0.15) is 0 Å². The van der Waals surface area contributed by atoms with Gasteiger partial charge in [0.15, 0.2) is 0 Å². The Kier molecular flexibility index (Phi) is 9.55. The summed E-state index contributed by atoms with van der Waals surface area (Å²) >= 11 is 2.82. The monoisotopic (exact) mass is 287 g/mol. The van der Waals surface area contributed by atoms with Crippen LogP contribution in [-0.2, 0) is 18.4 Å². The highest BCUT2D eigenvalue weighted by molar-refractivity contribution is 8.55. The minimum Gasteiger partial charge on any atom is -0.359 e. The summed E-state index contributed by atoms with van der Waals surface area (Å²) in [4.78, 5) is 10.9. The van der Waals surface area contributed by atoms with E-state index in [0.717, 1.165) is 11.5 Å². The number of amides is 1. The van der Waals surface area contributed by atoms with E-state index in [-0.39, 0.29) is 5.91 Å². The molecule has 0 unspecified atom stereocenters. The lowest BCUT2D eigenvalue weighted by molar-refractivity contribution is -0.120. The van der Waals surface area contributed by atoms with Gasteiger partial charge in [-0.15, -0.1) is 0 Å². The molecular weight excluding hydrogens is 269 g/mol. The average molecular weight is 287 g/mol. The summed E-state index contributed by atoms with van der Waals surface area (Å²) in [5, 5.41) is 2.56. The van der Waals surface area contributed by atoms with E-state index in [1.807, 2.05) is 0 Å². The Morgan fingerprint density at radius 2 is 1.88 bits per heavy atom. The molecule has 0 aliphatic heterocycles. The molecule has 0 aliphatic rings. The number of thioether (sulfide) groups is 1. The van der Waals surface area contributed by atoms with Crippen LogP contribution in [0.2, 0.25) is 0 Å². The molecule has 1 amide bonds. The van der Waals surface area contributed by atoms with Crippen molar-refractivity contribution in [2.24, 2.45) is 0 Å². The largest absolute Gasteiger partial charge is 0.388 e. The zero-order valence-corrected chi connectivity index (χ0v) is 12.3. The summed E-state index contributed by atoms with van der Waals surface area (Å²) < 4.78 is 21.1. The highest BCUT2D eigenvalue weighted by Gasteiger charge is 2.20. The van der Waals surface area contributed by atoms with Crippen LogP contribution in [0.25, 0.3) is 0 Å². The van der Waals surface area contributed by atoms with Crippen molar-refractivity contribution in [3.8, 4) is 0 Å². The summed E-state index contributed by atoms with van der Waals surface area (Å²) in [7, 11) is 4.36. The van der Waals surface area contributed by atoms with Crippen molar-refractivity contribution in [2.75, 3.05) is 38.5 Å². The Labute approximate surface area is 105 Å². The number of carbonyl (C=O) groups excluding carboxylic acids is 1. The summed E-state index contributed by atoms with van der Waals surface area (Å²) in [5.41, 5.74) is 0. The molecule has 1 N–H and O–H groups in total. The first-order valence-electron chi connectivity index (χ1n) is 4.72. The second-order valence-corrected chi connectivity index (χ2v) is 8.31. The van der Waals surface area contributed by atoms with Gasteiger partial charge in [0.2, 0.25) is 5.91 Å². The molecule has 0 spiro atoms. The smallest absolute Gasteiger partial charge is 0.359 e. The van der Waals surface area contributed by atoms with Crippen molar-refractivity contribution in [2.45, 2.75) is 6.42 Å². The predicted octanol–water partition coefficient (Wildman–Crippen LogP) is 1.99. The summed E-state index contributed by atoms with van der Waals surface area (Å²) in [6.07, 6.45) is 0.512. The van der Waals surface area contributed by atoms with Crippen molar-refractivity contribution in [1.29, 1.82) is 0 Å². The Balaban J connectivity index is 3.47. The van der Waals surface area contributed by atoms with E-state index in [1.54, 1.807) is 18.8 Å². The fraction of sp³-hybridized carbons (Fsp3) is 0.875. The first-order chi connectivity index (χ1) is 7.58. The summed E-state index contributed by atoms with van der Waals surface area (Å²) in [5.74, 6) is 2.31. The number of nitrogens with one attached hydrogen (secondary N) is 1. The van der Waals surface area contributed by atoms with Gasteiger partial charge in [-0.2, -0.15) is 11.8 Å². The van der Waals surface area contributed by atoms with E-state index in [2.05, 4.69) is 5.32 Å². The van der Waals surface area contributed by atoms with E-state index >= 15 is 0 Å². The quantitative estimate of drug-likeness (QED) is 0.517. The van der Waals surface area contributed by atoms with Gasteiger partial charge >= 0.3 is 6.80 Å². The van der Waals surface area contributed by atoms with Crippen molar-refractivity contribution >= 4 is 35.8 Å². The Hall–Kier alpha value is 0.320. The molecule has 0 bridgehead atoms. The number of rotatable bonds is 9. The third-order valence-electron chi connectivity index (χ3n) is 1.68. The molecule has 0 radical (unpaired) electrons. The molecule has 16 heavy (non-hydrogen) atoms. The average Bonchev–Trinajstić information content (AvgIpc) is 2.32. The number of hydrogen-bond acceptors (Lipinski definition) is 6. The van der Waals surface area contributed by atoms with Crippen LogP contribution in [-0.4, -0.2) is 44.4 Å². The molecule has 8 heteroatoms. The zero-order valence-electron chi connectivity index (χ0n) is 9.73. The molecule has 0 aromatic rings. The van der Waals surface area contributed by atoms with Crippen molar-refractivity contribution in [3.05, 3.63) is 0 Å². The molecule has 0 saturated carbocycles. The fourth-order valence-corrected chi connectivity index (χ4v) is 4.64. The van der Waals surface area contributed by atoms with Gasteiger partial charge in [0, 0.05) is 44.9 Å². The van der Waals surface area contributed by atoms with Gasteiger partial charge in [-0.1, -0.05) is 0 Å². The van der Waals surface area contributed by atoms with E-state index in [9.17, 15) is 9.36 Å². The zero-order chi connectivity index (χ0) is 12.4. The maximum absolute atomic E-state index is 11.6. The van der Waals surface area contributed by atoms with Crippen LogP contribution in [0.1, 0.15) is 6.42 Å². The minimum atomic E-state index is -2.93. The molecule has 0 heterocycles. The molecule has 0 saturated heterocycles. The third kappa shape index (κ3) is 7.57. The van der Waals surface area contributed by atoms with Gasteiger partial charge in [-0.3, -0.25) is 4.79 Å². The lowest BCUT2D eigenvalue weighted by Crippen LogP contribution is -2.17. The Morgan fingerprint density at radius 3 is 2.38 bits per heavy atom. The Morgan fingerprint density at radius 1 is 1.25 bits per heavy atom. The maximum Gasteiger partial charge on any atom is 0.388 e. The van der Waals surface area contributed by atoms with Gasteiger partial charge in [-0.25, -0.2) is 4.57 Å². The van der Waals surface area contributed by atoms with Crippen molar-refractivity contribution in [1.82, 2.24) is 5.32 Å².